The number of hydrogen-bond acceptors (Lipinski definition) is 4. The van der Waals surface area contributed by atoms with Gasteiger partial charge < -0.3 is 5.21 Å². The van der Waals surface area contributed by atoms with E-state index in [0.717, 1.165) is 0 Å². The van der Waals surface area contributed by atoms with Crippen molar-refractivity contribution in [3.63, 3.8) is 0 Å². The lowest BCUT2D eigenvalue weighted by molar-refractivity contribution is -0.647. The summed E-state index contributed by atoms with van der Waals surface area (Å²) >= 11 is 7.08. The highest BCUT2D eigenvalue weighted by Gasteiger charge is 2.10. The molecule has 72 valence electrons. The lowest BCUT2D eigenvalue weighted by Gasteiger charge is -2.00. The quantitative estimate of drug-likeness (QED) is 0.422. The maximum absolute atomic E-state index is 11.4. The SMILES string of the molecule is CSc1nc2ccc(Cl)cc2[n+]([O-])n1. The van der Waals surface area contributed by atoms with E-state index in [9.17, 15) is 5.21 Å². The van der Waals surface area contributed by atoms with Crippen LogP contribution < -0.4 is 4.85 Å². The fourth-order valence-corrected chi connectivity index (χ4v) is 1.60. The molecular weight excluding hydrogens is 222 g/mol. The lowest BCUT2D eigenvalue weighted by Crippen LogP contribution is -2.33. The molecule has 0 amide bonds. The van der Waals surface area contributed by atoms with E-state index in [1.165, 1.54) is 11.8 Å². The maximum Gasteiger partial charge on any atom is 0.272 e. The molecule has 2 aromatic rings. The van der Waals surface area contributed by atoms with Crippen LogP contribution >= 0.6 is 23.4 Å². The predicted molar refractivity (Wildman–Crippen MR) is 55.3 cm³/mol. The summed E-state index contributed by atoms with van der Waals surface area (Å²) in [5, 5.41) is 16.1. The Morgan fingerprint density at radius 2 is 2.29 bits per heavy atom. The van der Waals surface area contributed by atoms with Crippen LogP contribution in [0.4, 0.5) is 0 Å². The van der Waals surface area contributed by atoms with Crippen LogP contribution in [0.15, 0.2) is 23.4 Å². The molecule has 0 N–H and O–H groups in total. The molecule has 0 spiro atoms. The van der Waals surface area contributed by atoms with Gasteiger partial charge in [0.15, 0.2) is 0 Å². The summed E-state index contributed by atoms with van der Waals surface area (Å²) in [4.78, 5) is 4.71. The molecule has 1 aromatic carbocycles. The standard InChI is InChI=1S/C8H6ClN3OS/c1-14-8-10-6-3-2-5(9)4-7(6)12(13)11-8/h2-4H,1H3. The Morgan fingerprint density at radius 3 is 3.00 bits per heavy atom. The number of aromatic nitrogens is 3. The first-order chi connectivity index (χ1) is 6.70. The second kappa shape index (κ2) is 3.59. The van der Waals surface area contributed by atoms with Crippen LogP contribution in [0.1, 0.15) is 0 Å². The van der Waals surface area contributed by atoms with Gasteiger partial charge in [-0.3, -0.25) is 0 Å². The van der Waals surface area contributed by atoms with Crippen LogP contribution in [0.2, 0.25) is 5.02 Å². The van der Waals surface area contributed by atoms with Crippen LogP contribution in [0, 0.1) is 5.21 Å². The van der Waals surface area contributed by atoms with Crippen LogP contribution in [0.25, 0.3) is 11.0 Å². The van der Waals surface area contributed by atoms with Gasteiger partial charge in [-0.25, -0.2) is 4.98 Å². The average molecular weight is 228 g/mol. The van der Waals surface area contributed by atoms with Gasteiger partial charge in [0.05, 0.1) is 0 Å². The van der Waals surface area contributed by atoms with E-state index in [2.05, 4.69) is 10.1 Å². The molecule has 0 atom stereocenters. The molecule has 6 heteroatoms. The molecule has 0 saturated carbocycles. The molecule has 2 rings (SSSR count). The molecule has 0 aliphatic heterocycles. The van der Waals surface area contributed by atoms with Crippen molar-refractivity contribution in [2.45, 2.75) is 5.16 Å². The molecular formula is C8H6ClN3OS. The van der Waals surface area contributed by atoms with Crippen molar-refractivity contribution in [2.75, 3.05) is 6.26 Å². The summed E-state index contributed by atoms with van der Waals surface area (Å²) < 4.78 is 0. The second-order valence-corrected chi connectivity index (χ2v) is 3.81. The average Bonchev–Trinajstić information content (AvgIpc) is 2.19. The first-order valence-corrected chi connectivity index (χ1v) is 5.42. The summed E-state index contributed by atoms with van der Waals surface area (Å²) in [7, 11) is 0. The summed E-state index contributed by atoms with van der Waals surface area (Å²) in [5.41, 5.74) is 0.985. The third-order valence-corrected chi connectivity index (χ3v) is 2.49. The van der Waals surface area contributed by atoms with E-state index in [-0.39, 0.29) is 0 Å². The van der Waals surface area contributed by atoms with Crippen LogP contribution in [-0.2, 0) is 0 Å². The molecule has 0 saturated heterocycles. The molecule has 0 bridgehead atoms. The number of hydrogen-bond donors (Lipinski definition) is 0. The number of nitrogens with zero attached hydrogens (tertiary/aromatic N) is 3. The fourth-order valence-electron chi connectivity index (χ4n) is 1.09. The van der Waals surface area contributed by atoms with Gasteiger partial charge in [0.2, 0.25) is 0 Å². The molecule has 1 aromatic heterocycles. The minimum absolute atomic E-state index is 0.385. The highest BCUT2D eigenvalue weighted by atomic mass is 35.5. The monoisotopic (exact) mass is 227 g/mol. The minimum Gasteiger partial charge on any atom is -0.594 e. The zero-order valence-corrected chi connectivity index (χ0v) is 8.84. The third kappa shape index (κ3) is 1.60. The van der Waals surface area contributed by atoms with Gasteiger partial charge in [-0.1, -0.05) is 23.4 Å². The van der Waals surface area contributed by atoms with E-state index in [1.54, 1.807) is 18.2 Å². The molecule has 4 nitrogen and oxygen atoms in total. The van der Waals surface area contributed by atoms with Gasteiger partial charge in [-0.2, -0.15) is 0 Å². The molecule has 0 aliphatic carbocycles. The Kier molecular flexibility index (Phi) is 2.43. The lowest BCUT2D eigenvalue weighted by atomic mass is 10.3. The van der Waals surface area contributed by atoms with Crippen LogP contribution in [0.3, 0.4) is 0 Å². The van der Waals surface area contributed by atoms with Crippen molar-refractivity contribution in [2.24, 2.45) is 0 Å². The molecule has 0 fully saturated rings. The van der Waals surface area contributed by atoms with E-state index >= 15 is 0 Å². The van der Waals surface area contributed by atoms with Crippen molar-refractivity contribution in [1.29, 1.82) is 0 Å². The smallest absolute Gasteiger partial charge is 0.272 e. The van der Waals surface area contributed by atoms with Crippen molar-refractivity contribution < 1.29 is 4.85 Å². The molecule has 0 unspecified atom stereocenters. The number of thioether (sulfide) groups is 1. The Hall–Kier alpha value is -1.07. The molecule has 0 aliphatic rings. The van der Waals surface area contributed by atoms with Gasteiger partial charge >= 0.3 is 0 Å². The van der Waals surface area contributed by atoms with Gasteiger partial charge in [0, 0.05) is 16.2 Å². The van der Waals surface area contributed by atoms with Crippen molar-refractivity contribution in [1.82, 2.24) is 10.1 Å². The van der Waals surface area contributed by atoms with Gasteiger partial charge in [0.25, 0.3) is 10.7 Å². The normalized spacial score (nSPS) is 10.7. The number of fused-ring (bicyclic) bond motifs is 1. The second-order valence-electron chi connectivity index (χ2n) is 2.60. The Bertz CT molecular complexity index is 491. The topological polar surface area (TPSA) is 52.7 Å². The van der Waals surface area contributed by atoms with Gasteiger partial charge in [-0.15, -0.1) is 0 Å². The van der Waals surface area contributed by atoms with E-state index in [0.29, 0.717) is 26.1 Å². The molecule has 14 heavy (non-hydrogen) atoms. The predicted octanol–water partition coefficient (Wildman–Crippen LogP) is 1.64. The summed E-state index contributed by atoms with van der Waals surface area (Å²) in [6.07, 6.45) is 1.82. The number of halogens is 1. The van der Waals surface area contributed by atoms with E-state index in [1.807, 2.05) is 6.26 Å². The van der Waals surface area contributed by atoms with Crippen LogP contribution in [0.5, 0.6) is 0 Å². The fraction of sp³-hybridized carbons (Fsp3) is 0.125. The Labute approximate surface area is 89.5 Å². The first-order valence-electron chi connectivity index (χ1n) is 3.82. The number of benzene rings is 1. The van der Waals surface area contributed by atoms with Crippen LogP contribution in [-0.4, -0.2) is 16.3 Å². The maximum atomic E-state index is 11.4. The van der Waals surface area contributed by atoms with Crippen molar-refractivity contribution >= 4 is 34.4 Å². The third-order valence-electron chi connectivity index (χ3n) is 1.72. The molecule has 0 radical (unpaired) electrons. The minimum atomic E-state index is 0.385. The summed E-state index contributed by atoms with van der Waals surface area (Å²) in [6, 6.07) is 4.95. The summed E-state index contributed by atoms with van der Waals surface area (Å²) in [5.74, 6) is 0. The van der Waals surface area contributed by atoms with Gasteiger partial charge in [-0.05, 0) is 23.2 Å². The number of rotatable bonds is 1. The first kappa shape index (κ1) is 9.48. The highest BCUT2D eigenvalue weighted by Crippen LogP contribution is 2.16. The van der Waals surface area contributed by atoms with E-state index < -0.39 is 0 Å². The van der Waals surface area contributed by atoms with E-state index in [4.69, 9.17) is 11.6 Å². The Morgan fingerprint density at radius 1 is 1.50 bits per heavy atom. The zero-order chi connectivity index (χ0) is 10.1. The largest absolute Gasteiger partial charge is 0.594 e. The zero-order valence-electron chi connectivity index (χ0n) is 7.27. The van der Waals surface area contributed by atoms with Crippen molar-refractivity contribution in [3.8, 4) is 0 Å². The summed E-state index contributed by atoms with van der Waals surface area (Å²) in [6.45, 7) is 0. The highest BCUT2D eigenvalue weighted by molar-refractivity contribution is 7.98. The Balaban J connectivity index is 2.76. The van der Waals surface area contributed by atoms with Crippen molar-refractivity contribution in [3.05, 3.63) is 28.4 Å². The van der Waals surface area contributed by atoms with Gasteiger partial charge in [0.1, 0.15) is 5.52 Å². The molecule has 1 heterocycles.